The molecule has 62 valence electrons. The third-order valence-corrected chi connectivity index (χ3v) is 2.06. The minimum atomic E-state index is 0.638. The SMILES string of the molecule is CC(C)c1c[nH]cc1C(C)C. The van der Waals surface area contributed by atoms with Crippen molar-refractivity contribution in [3.63, 3.8) is 0 Å². The number of hydrogen-bond acceptors (Lipinski definition) is 0. The summed E-state index contributed by atoms with van der Waals surface area (Å²) in [6, 6.07) is 0. The highest BCUT2D eigenvalue weighted by molar-refractivity contribution is 5.28. The molecule has 0 amide bonds. The van der Waals surface area contributed by atoms with Crippen molar-refractivity contribution < 1.29 is 0 Å². The summed E-state index contributed by atoms with van der Waals surface area (Å²) in [7, 11) is 0. The second-order valence-corrected chi connectivity index (χ2v) is 3.68. The first-order valence-corrected chi connectivity index (χ1v) is 4.29. The third kappa shape index (κ3) is 1.65. The summed E-state index contributed by atoms with van der Waals surface area (Å²) < 4.78 is 0. The van der Waals surface area contributed by atoms with Crippen LogP contribution in [-0.4, -0.2) is 4.98 Å². The van der Waals surface area contributed by atoms with Crippen LogP contribution in [0.4, 0.5) is 0 Å². The molecular formula is C10H17N. The van der Waals surface area contributed by atoms with Crippen LogP contribution in [0, 0.1) is 0 Å². The van der Waals surface area contributed by atoms with E-state index >= 15 is 0 Å². The van der Waals surface area contributed by atoms with Crippen molar-refractivity contribution in [1.29, 1.82) is 0 Å². The van der Waals surface area contributed by atoms with Gasteiger partial charge in [0, 0.05) is 12.4 Å². The van der Waals surface area contributed by atoms with Gasteiger partial charge in [0.1, 0.15) is 0 Å². The molecule has 0 saturated carbocycles. The zero-order valence-corrected chi connectivity index (χ0v) is 7.81. The molecule has 1 heterocycles. The first-order valence-electron chi connectivity index (χ1n) is 4.29. The maximum atomic E-state index is 3.16. The lowest BCUT2D eigenvalue weighted by Gasteiger charge is -2.08. The molecule has 0 unspecified atom stereocenters. The topological polar surface area (TPSA) is 15.8 Å². The van der Waals surface area contributed by atoms with E-state index in [4.69, 9.17) is 0 Å². The average Bonchev–Trinajstić information content (AvgIpc) is 2.32. The number of aromatic nitrogens is 1. The molecule has 0 aromatic carbocycles. The Morgan fingerprint density at radius 1 is 0.909 bits per heavy atom. The highest BCUT2D eigenvalue weighted by Gasteiger charge is 2.09. The molecule has 0 atom stereocenters. The molecule has 1 N–H and O–H groups in total. The van der Waals surface area contributed by atoms with Crippen molar-refractivity contribution in [2.24, 2.45) is 0 Å². The van der Waals surface area contributed by atoms with Gasteiger partial charge in [-0.15, -0.1) is 0 Å². The van der Waals surface area contributed by atoms with Crippen LogP contribution in [-0.2, 0) is 0 Å². The van der Waals surface area contributed by atoms with Gasteiger partial charge in [0.25, 0.3) is 0 Å². The summed E-state index contributed by atoms with van der Waals surface area (Å²) in [6.45, 7) is 8.92. The molecule has 1 aromatic rings. The molecule has 0 fully saturated rings. The van der Waals surface area contributed by atoms with Crippen LogP contribution in [0.5, 0.6) is 0 Å². The van der Waals surface area contributed by atoms with Gasteiger partial charge in [-0.1, -0.05) is 27.7 Å². The first-order chi connectivity index (χ1) is 5.13. The number of aromatic amines is 1. The Balaban J connectivity index is 2.96. The lowest BCUT2D eigenvalue weighted by Crippen LogP contribution is -1.93. The molecule has 0 spiro atoms. The molecule has 0 aliphatic heterocycles. The summed E-state index contributed by atoms with van der Waals surface area (Å²) in [5.41, 5.74) is 2.92. The number of nitrogens with one attached hydrogen (secondary N) is 1. The fourth-order valence-corrected chi connectivity index (χ4v) is 1.39. The van der Waals surface area contributed by atoms with E-state index in [2.05, 4.69) is 45.1 Å². The van der Waals surface area contributed by atoms with E-state index in [9.17, 15) is 0 Å². The minimum Gasteiger partial charge on any atom is -0.367 e. The molecule has 11 heavy (non-hydrogen) atoms. The van der Waals surface area contributed by atoms with E-state index in [-0.39, 0.29) is 0 Å². The maximum absolute atomic E-state index is 3.16. The molecule has 1 rings (SSSR count). The van der Waals surface area contributed by atoms with E-state index in [1.807, 2.05) is 0 Å². The van der Waals surface area contributed by atoms with Crippen molar-refractivity contribution in [2.45, 2.75) is 39.5 Å². The number of H-pyrrole nitrogens is 1. The summed E-state index contributed by atoms with van der Waals surface area (Å²) in [5.74, 6) is 1.28. The van der Waals surface area contributed by atoms with Crippen LogP contribution in [0.25, 0.3) is 0 Å². The highest BCUT2D eigenvalue weighted by atomic mass is 14.6. The first kappa shape index (κ1) is 8.38. The normalized spacial score (nSPS) is 11.5. The summed E-state index contributed by atoms with van der Waals surface area (Å²) in [6.07, 6.45) is 4.22. The van der Waals surface area contributed by atoms with E-state index in [1.165, 1.54) is 11.1 Å². The Morgan fingerprint density at radius 3 is 1.55 bits per heavy atom. The summed E-state index contributed by atoms with van der Waals surface area (Å²) in [4.78, 5) is 3.16. The van der Waals surface area contributed by atoms with Crippen molar-refractivity contribution in [1.82, 2.24) is 4.98 Å². The van der Waals surface area contributed by atoms with Gasteiger partial charge >= 0.3 is 0 Å². The van der Waals surface area contributed by atoms with Crippen molar-refractivity contribution in [2.75, 3.05) is 0 Å². The van der Waals surface area contributed by atoms with E-state index in [0.717, 1.165) is 0 Å². The zero-order valence-electron chi connectivity index (χ0n) is 7.81. The van der Waals surface area contributed by atoms with Crippen LogP contribution in [0.2, 0.25) is 0 Å². The predicted octanol–water partition coefficient (Wildman–Crippen LogP) is 3.26. The molecule has 1 heteroatoms. The second-order valence-electron chi connectivity index (χ2n) is 3.68. The molecule has 0 aliphatic carbocycles. The smallest absolute Gasteiger partial charge is 0.00429 e. The average molecular weight is 151 g/mol. The third-order valence-electron chi connectivity index (χ3n) is 2.06. The van der Waals surface area contributed by atoms with Gasteiger partial charge in [0.15, 0.2) is 0 Å². The van der Waals surface area contributed by atoms with Crippen molar-refractivity contribution >= 4 is 0 Å². The summed E-state index contributed by atoms with van der Waals surface area (Å²) >= 11 is 0. The highest BCUT2D eigenvalue weighted by Crippen LogP contribution is 2.24. The Hall–Kier alpha value is -0.720. The lowest BCUT2D eigenvalue weighted by molar-refractivity contribution is 0.798. The molecule has 0 saturated heterocycles. The quantitative estimate of drug-likeness (QED) is 0.667. The van der Waals surface area contributed by atoms with Gasteiger partial charge in [-0.05, 0) is 23.0 Å². The Labute approximate surface area is 68.8 Å². The van der Waals surface area contributed by atoms with E-state index < -0.39 is 0 Å². The second kappa shape index (κ2) is 3.12. The number of hydrogen-bond donors (Lipinski definition) is 1. The molecule has 0 radical (unpaired) electrons. The standard InChI is InChI=1S/C10H17N/c1-7(2)9-5-11-6-10(9)8(3)4/h5-8,11H,1-4H3. The number of rotatable bonds is 2. The Bertz CT molecular complexity index is 198. The van der Waals surface area contributed by atoms with Gasteiger partial charge in [0.05, 0.1) is 0 Å². The summed E-state index contributed by atoms with van der Waals surface area (Å²) in [5, 5.41) is 0. The molecule has 0 bridgehead atoms. The predicted molar refractivity (Wildman–Crippen MR) is 49.0 cm³/mol. The van der Waals surface area contributed by atoms with Gasteiger partial charge in [-0.25, -0.2) is 0 Å². The lowest BCUT2D eigenvalue weighted by atomic mass is 9.95. The Morgan fingerprint density at radius 2 is 1.27 bits per heavy atom. The molecule has 1 nitrogen and oxygen atoms in total. The van der Waals surface area contributed by atoms with Gasteiger partial charge in [0.2, 0.25) is 0 Å². The van der Waals surface area contributed by atoms with Crippen molar-refractivity contribution in [3.8, 4) is 0 Å². The van der Waals surface area contributed by atoms with Crippen LogP contribution in [0.15, 0.2) is 12.4 Å². The van der Waals surface area contributed by atoms with Crippen LogP contribution >= 0.6 is 0 Å². The minimum absolute atomic E-state index is 0.638. The van der Waals surface area contributed by atoms with E-state index in [0.29, 0.717) is 11.8 Å². The van der Waals surface area contributed by atoms with Gasteiger partial charge in [-0.3, -0.25) is 0 Å². The van der Waals surface area contributed by atoms with E-state index in [1.54, 1.807) is 0 Å². The fourth-order valence-electron chi connectivity index (χ4n) is 1.39. The van der Waals surface area contributed by atoms with Crippen molar-refractivity contribution in [3.05, 3.63) is 23.5 Å². The molecule has 0 aliphatic rings. The Kier molecular flexibility index (Phi) is 2.38. The molecular weight excluding hydrogens is 134 g/mol. The monoisotopic (exact) mass is 151 g/mol. The van der Waals surface area contributed by atoms with Crippen LogP contribution in [0.3, 0.4) is 0 Å². The molecule has 1 aromatic heterocycles. The van der Waals surface area contributed by atoms with Gasteiger partial charge < -0.3 is 4.98 Å². The largest absolute Gasteiger partial charge is 0.367 e. The fraction of sp³-hybridized carbons (Fsp3) is 0.600. The zero-order chi connectivity index (χ0) is 8.43. The van der Waals surface area contributed by atoms with Crippen LogP contribution in [0.1, 0.15) is 50.7 Å². The van der Waals surface area contributed by atoms with Gasteiger partial charge in [-0.2, -0.15) is 0 Å². The maximum Gasteiger partial charge on any atom is 0.00429 e. The van der Waals surface area contributed by atoms with Crippen LogP contribution < -0.4 is 0 Å².